The highest BCUT2D eigenvalue weighted by atomic mass is 16.5. The first-order valence-corrected chi connectivity index (χ1v) is 5.02. The van der Waals surface area contributed by atoms with Crippen molar-refractivity contribution < 1.29 is 19.7 Å². The Morgan fingerprint density at radius 1 is 1.50 bits per heavy atom. The maximum Gasteiger partial charge on any atom is 0.149 e. The van der Waals surface area contributed by atoms with Crippen LogP contribution < -0.4 is 0 Å². The van der Waals surface area contributed by atoms with Crippen LogP contribution in [0.2, 0.25) is 0 Å². The average molecular weight is 202 g/mol. The first kappa shape index (κ1) is 11.5. The molecule has 4 nitrogen and oxygen atoms in total. The zero-order chi connectivity index (χ0) is 10.4. The highest BCUT2D eigenvalue weighted by Gasteiger charge is 2.30. The summed E-state index contributed by atoms with van der Waals surface area (Å²) >= 11 is 0. The third-order valence-electron chi connectivity index (χ3n) is 2.23. The van der Waals surface area contributed by atoms with Crippen LogP contribution in [0.5, 0.6) is 0 Å². The van der Waals surface area contributed by atoms with Gasteiger partial charge >= 0.3 is 0 Å². The van der Waals surface area contributed by atoms with Gasteiger partial charge in [0, 0.05) is 6.61 Å². The van der Waals surface area contributed by atoms with Crippen LogP contribution in [0.1, 0.15) is 19.8 Å². The molecule has 1 aliphatic rings. The van der Waals surface area contributed by atoms with E-state index in [0.29, 0.717) is 6.61 Å². The lowest BCUT2D eigenvalue weighted by molar-refractivity contribution is -0.102. The summed E-state index contributed by atoms with van der Waals surface area (Å²) in [5.74, 6) is 0. The second-order valence-electron chi connectivity index (χ2n) is 3.37. The van der Waals surface area contributed by atoms with Gasteiger partial charge in [-0.25, -0.2) is 0 Å². The second kappa shape index (κ2) is 6.01. The lowest BCUT2D eigenvalue weighted by Gasteiger charge is -2.29. The van der Waals surface area contributed by atoms with Crippen LogP contribution in [0.15, 0.2) is 12.3 Å². The zero-order valence-electron chi connectivity index (χ0n) is 8.43. The van der Waals surface area contributed by atoms with Gasteiger partial charge in [0.2, 0.25) is 0 Å². The van der Waals surface area contributed by atoms with E-state index in [1.54, 1.807) is 6.08 Å². The molecule has 0 bridgehead atoms. The van der Waals surface area contributed by atoms with Crippen LogP contribution >= 0.6 is 0 Å². The molecule has 4 heteroatoms. The van der Waals surface area contributed by atoms with Gasteiger partial charge in [0.15, 0.2) is 0 Å². The molecule has 0 aliphatic carbocycles. The normalized spacial score (nSPS) is 31.5. The van der Waals surface area contributed by atoms with Gasteiger partial charge in [-0.1, -0.05) is 13.3 Å². The van der Waals surface area contributed by atoms with Crippen LogP contribution in [-0.4, -0.2) is 41.7 Å². The first-order chi connectivity index (χ1) is 6.79. The molecule has 1 aliphatic heterocycles. The van der Waals surface area contributed by atoms with Crippen molar-refractivity contribution in [2.75, 3.05) is 13.2 Å². The quantitative estimate of drug-likeness (QED) is 0.635. The molecule has 3 atom stereocenters. The summed E-state index contributed by atoms with van der Waals surface area (Å²) in [5, 5.41) is 18.5. The first-order valence-electron chi connectivity index (χ1n) is 5.02. The van der Waals surface area contributed by atoms with Gasteiger partial charge in [0.05, 0.1) is 12.9 Å². The molecule has 1 heterocycles. The molecule has 82 valence electrons. The minimum Gasteiger partial charge on any atom is -0.493 e. The van der Waals surface area contributed by atoms with E-state index in [2.05, 4.69) is 6.92 Å². The average Bonchev–Trinajstić information content (AvgIpc) is 2.21. The highest BCUT2D eigenvalue weighted by molar-refractivity contribution is 4.97. The minimum atomic E-state index is -0.776. The molecule has 0 saturated carbocycles. The summed E-state index contributed by atoms with van der Waals surface area (Å²) < 4.78 is 10.5. The Labute approximate surface area is 84.1 Å². The molecule has 0 saturated heterocycles. The Morgan fingerprint density at radius 3 is 2.93 bits per heavy atom. The maximum atomic E-state index is 9.67. The Bertz CT molecular complexity index is 181. The van der Waals surface area contributed by atoms with E-state index in [1.165, 1.54) is 6.26 Å². The number of hydrogen-bond acceptors (Lipinski definition) is 4. The summed E-state index contributed by atoms with van der Waals surface area (Å²) in [6, 6.07) is 0. The largest absolute Gasteiger partial charge is 0.493 e. The SMILES string of the molecule is CCCCOC1C=COC(CO)[C@@H]1O. The van der Waals surface area contributed by atoms with Crippen molar-refractivity contribution in [2.45, 2.75) is 38.1 Å². The van der Waals surface area contributed by atoms with Crippen molar-refractivity contribution >= 4 is 0 Å². The highest BCUT2D eigenvalue weighted by Crippen LogP contribution is 2.15. The van der Waals surface area contributed by atoms with Crippen molar-refractivity contribution in [3.63, 3.8) is 0 Å². The van der Waals surface area contributed by atoms with E-state index in [4.69, 9.17) is 14.6 Å². The van der Waals surface area contributed by atoms with E-state index < -0.39 is 12.2 Å². The van der Waals surface area contributed by atoms with Gasteiger partial charge in [-0.3, -0.25) is 0 Å². The van der Waals surface area contributed by atoms with Gasteiger partial charge in [-0.2, -0.15) is 0 Å². The van der Waals surface area contributed by atoms with Crippen molar-refractivity contribution in [2.24, 2.45) is 0 Å². The fourth-order valence-corrected chi connectivity index (χ4v) is 1.30. The van der Waals surface area contributed by atoms with Crippen LogP contribution in [-0.2, 0) is 9.47 Å². The predicted molar refractivity (Wildman–Crippen MR) is 51.8 cm³/mol. The predicted octanol–water partition coefficient (Wildman–Crippen LogP) is 0.437. The number of aliphatic hydroxyl groups is 2. The molecule has 2 unspecified atom stereocenters. The van der Waals surface area contributed by atoms with Crippen LogP contribution in [0.4, 0.5) is 0 Å². The van der Waals surface area contributed by atoms with Crippen molar-refractivity contribution in [3.05, 3.63) is 12.3 Å². The number of ether oxygens (including phenoxy) is 2. The summed E-state index contributed by atoms with van der Waals surface area (Å²) in [4.78, 5) is 0. The topological polar surface area (TPSA) is 58.9 Å². The van der Waals surface area contributed by atoms with Crippen molar-refractivity contribution in [1.29, 1.82) is 0 Å². The molecular formula is C10H18O4. The molecule has 14 heavy (non-hydrogen) atoms. The minimum absolute atomic E-state index is 0.195. The molecular weight excluding hydrogens is 184 g/mol. The molecule has 0 radical (unpaired) electrons. The Balaban J connectivity index is 2.36. The molecule has 0 aromatic carbocycles. The van der Waals surface area contributed by atoms with E-state index in [9.17, 15) is 5.11 Å². The number of rotatable bonds is 5. The summed E-state index contributed by atoms with van der Waals surface area (Å²) in [5.41, 5.74) is 0. The summed E-state index contributed by atoms with van der Waals surface area (Å²) in [6.07, 6.45) is 3.49. The van der Waals surface area contributed by atoms with Gasteiger partial charge < -0.3 is 19.7 Å². The Morgan fingerprint density at radius 2 is 2.29 bits per heavy atom. The molecule has 0 amide bonds. The van der Waals surface area contributed by atoms with E-state index in [1.807, 2.05) is 0 Å². The molecule has 2 N–H and O–H groups in total. The summed E-state index contributed by atoms with van der Waals surface area (Å²) in [6.45, 7) is 2.51. The third-order valence-corrected chi connectivity index (χ3v) is 2.23. The Kier molecular flexibility index (Phi) is 4.93. The van der Waals surface area contributed by atoms with E-state index >= 15 is 0 Å². The number of aliphatic hydroxyl groups excluding tert-OH is 2. The third kappa shape index (κ3) is 2.97. The van der Waals surface area contributed by atoms with Gasteiger partial charge in [0.1, 0.15) is 18.3 Å². The fourth-order valence-electron chi connectivity index (χ4n) is 1.30. The molecule has 1 rings (SSSR count). The molecule has 0 aromatic heterocycles. The van der Waals surface area contributed by atoms with Gasteiger partial charge in [0.25, 0.3) is 0 Å². The smallest absolute Gasteiger partial charge is 0.149 e. The second-order valence-corrected chi connectivity index (χ2v) is 3.37. The van der Waals surface area contributed by atoms with Gasteiger partial charge in [-0.15, -0.1) is 0 Å². The van der Waals surface area contributed by atoms with E-state index in [0.717, 1.165) is 12.8 Å². The number of hydrogen-bond donors (Lipinski definition) is 2. The lowest BCUT2D eigenvalue weighted by Crippen LogP contribution is -2.43. The number of unbranched alkanes of at least 4 members (excludes halogenated alkanes) is 1. The van der Waals surface area contributed by atoms with Crippen LogP contribution in [0, 0.1) is 0 Å². The van der Waals surface area contributed by atoms with Crippen molar-refractivity contribution in [3.8, 4) is 0 Å². The van der Waals surface area contributed by atoms with E-state index in [-0.39, 0.29) is 12.7 Å². The van der Waals surface area contributed by atoms with Crippen LogP contribution in [0.25, 0.3) is 0 Å². The molecule has 0 fully saturated rings. The lowest BCUT2D eigenvalue weighted by atomic mass is 10.1. The zero-order valence-corrected chi connectivity index (χ0v) is 8.43. The fraction of sp³-hybridized carbons (Fsp3) is 0.800. The van der Waals surface area contributed by atoms with Crippen molar-refractivity contribution in [1.82, 2.24) is 0 Å². The summed E-state index contributed by atoms with van der Waals surface area (Å²) in [7, 11) is 0. The monoisotopic (exact) mass is 202 g/mol. The standard InChI is InChI=1S/C10H18O4/c1-2-3-5-13-8-4-6-14-9(7-11)10(8)12/h4,6,8-12H,2-3,5,7H2,1H3/t8?,9?,10-/m1/s1. The van der Waals surface area contributed by atoms with Crippen LogP contribution in [0.3, 0.4) is 0 Å². The molecule has 0 aromatic rings. The molecule has 0 spiro atoms. The Hall–Kier alpha value is -0.580. The van der Waals surface area contributed by atoms with Gasteiger partial charge in [-0.05, 0) is 12.5 Å². The maximum absolute atomic E-state index is 9.67.